The lowest BCUT2D eigenvalue weighted by molar-refractivity contribution is -0.135. The number of carbonyl (C=O) groups excluding carboxylic acids is 3. The van der Waals surface area contributed by atoms with Crippen LogP contribution in [0.1, 0.15) is 36.1 Å². The van der Waals surface area contributed by atoms with Crippen molar-refractivity contribution in [1.82, 2.24) is 15.5 Å². The van der Waals surface area contributed by atoms with Crippen LogP contribution in [0.3, 0.4) is 0 Å². The number of amides is 4. The van der Waals surface area contributed by atoms with Gasteiger partial charge in [0.15, 0.2) is 11.5 Å². The van der Waals surface area contributed by atoms with Crippen LogP contribution in [-0.4, -0.2) is 42.5 Å². The van der Waals surface area contributed by atoms with Crippen LogP contribution in [-0.2, 0) is 15.1 Å². The second-order valence-corrected chi connectivity index (χ2v) is 8.98. The van der Waals surface area contributed by atoms with Crippen molar-refractivity contribution in [3.05, 3.63) is 95.6 Å². The molecule has 2 aliphatic heterocycles. The van der Waals surface area contributed by atoms with Gasteiger partial charge in [-0.2, -0.15) is 0 Å². The van der Waals surface area contributed by atoms with Crippen molar-refractivity contribution in [3.8, 4) is 11.5 Å². The molecule has 8 heteroatoms. The van der Waals surface area contributed by atoms with E-state index in [0.717, 1.165) is 22.4 Å². The van der Waals surface area contributed by atoms with Crippen molar-refractivity contribution in [2.24, 2.45) is 0 Å². The Morgan fingerprint density at radius 1 is 0.944 bits per heavy atom. The van der Waals surface area contributed by atoms with Crippen molar-refractivity contribution in [1.29, 1.82) is 0 Å². The number of benzene rings is 3. The molecule has 1 atom stereocenters. The van der Waals surface area contributed by atoms with Gasteiger partial charge in [0.2, 0.25) is 5.91 Å². The van der Waals surface area contributed by atoms with Gasteiger partial charge in [0.05, 0.1) is 19.3 Å². The van der Waals surface area contributed by atoms with Gasteiger partial charge in [-0.15, -0.1) is 0 Å². The largest absolute Gasteiger partial charge is 0.490 e. The van der Waals surface area contributed by atoms with Crippen molar-refractivity contribution in [2.75, 3.05) is 19.8 Å². The number of rotatable bonds is 6. The lowest BCUT2D eigenvalue weighted by Crippen LogP contribution is -2.44. The van der Waals surface area contributed by atoms with Crippen molar-refractivity contribution >= 4 is 17.8 Å². The zero-order valence-electron chi connectivity index (χ0n) is 19.9. The molecule has 2 aliphatic rings. The van der Waals surface area contributed by atoms with E-state index in [2.05, 4.69) is 10.6 Å². The van der Waals surface area contributed by atoms with Crippen LogP contribution in [0, 0.1) is 0 Å². The van der Waals surface area contributed by atoms with Crippen LogP contribution >= 0.6 is 0 Å². The Hall–Kier alpha value is -4.33. The first-order valence-electron chi connectivity index (χ1n) is 11.9. The topological polar surface area (TPSA) is 97.0 Å². The Kier molecular flexibility index (Phi) is 6.33. The third-order valence-electron chi connectivity index (χ3n) is 6.47. The van der Waals surface area contributed by atoms with Gasteiger partial charge in [0.25, 0.3) is 5.91 Å². The number of fused-ring (bicyclic) bond motifs is 1. The molecule has 2 N–H and O–H groups in total. The number of nitrogens with zero attached hydrogens (tertiary/aromatic N) is 1. The molecule has 3 aromatic carbocycles. The fourth-order valence-corrected chi connectivity index (χ4v) is 4.51. The fraction of sp³-hybridized carbons (Fsp3) is 0.250. The van der Waals surface area contributed by atoms with E-state index in [1.807, 2.05) is 60.7 Å². The van der Waals surface area contributed by atoms with Gasteiger partial charge in [-0.3, -0.25) is 14.5 Å². The van der Waals surface area contributed by atoms with Crippen LogP contribution in [0.15, 0.2) is 78.9 Å². The first-order valence-corrected chi connectivity index (χ1v) is 11.9. The van der Waals surface area contributed by atoms with Gasteiger partial charge in [-0.1, -0.05) is 66.7 Å². The maximum absolute atomic E-state index is 13.4. The lowest BCUT2D eigenvalue weighted by atomic mass is 9.91. The summed E-state index contributed by atoms with van der Waals surface area (Å²) in [5, 5.41) is 5.74. The Labute approximate surface area is 209 Å². The summed E-state index contributed by atoms with van der Waals surface area (Å²) in [5.41, 5.74) is 1.01. The Morgan fingerprint density at radius 3 is 2.19 bits per heavy atom. The highest BCUT2D eigenvalue weighted by atomic mass is 16.5. The highest BCUT2D eigenvalue weighted by Crippen LogP contribution is 2.36. The molecule has 3 aromatic rings. The van der Waals surface area contributed by atoms with E-state index in [1.54, 1.807) is 25.1 Å². The number of hydrogen-bond donors (Lipinski definition) is 2. The predicted molar refractivity (Wildman–Crippen MR) is 133 cm³/mol. The molecule has 36 heavy (non-hydrogen) atoms. The van der Waals surface area contributed by atoms with E-state index in [-0.39, 0.29) is 0 Å². The summed E-state index contributed by atoms with van der Waals surface area (Å²) in [5.74, 6) is 0.172. The van der Waals surface area contributed by atoms with Crippen molar-refractivity contribution in [2.45, 2.75) is 24.9 Å². The van der Waals surface area contributed by atoms with Crippen LogP contribution in [0.5, 0.6) is 11.5 Å². The highest BCUT2D eigenvalue weighted by Gasteiger charge is 2.50. The third kappa shape index (κ3) is 4.49. The van der Waals surface area contributed by atoms with E-state index < -0.39 is 36.0 Å². The average Bonchev–Trinajstić information content (AvgIpc) is 3.05. The van der Waals surface area contributed by atoms with Crippen molar-refractivity contribution < 1.29 is 23.9 Å². The Morgan fingerprint density at radius 2 is 1.56 bits per heavy atom. The van der Waals surface area contributed by atoms with Gasteiger partial charge in [-0.25, -0.2) is 4.79 Å². The monoisotopic (exact) mass is 485 g/mol. The summed E-state index contributed by atoms with van der Waals surface area (Å²) in [4.78, 5) is 40.3. The summed E-state index contributed by atoms with van der Waals surface area (Å²) in [6.45, 7) is 2.28. The van der Waals surface area contributed by atoms with Gasteiger partial charge in [0.1, 0.15) is 12.1 Å². The molecule has 2 heterocycles. The molecule has 0 radical (unpaired) electrons. The quantitative estimate of drug-likeness (QED) is 0.521. The molecular formula is C28H27N3O5. The minimum absolute atomic E-state index is 0.402. The zero-order chi connectivity index (χ0) is 25.1. The molecule has 4 amide bonds. The van der Waals surface area contributed by atoms with Crippen LogP contribution in [0.2, 0.25) is 0 Å². The molecule has 0 spiro atoms. The number of nitrogens with one attached hydrogen (secondary N) is 2. The molecule has 0 aliphatic carbocycles. The summed E-state index contributed by atoms with van der Waals surface area (Å²) in [6.07, 6.45) is 0.757. The van der Waals surface area contributed by atoms with E-state index in [1.165, 1.54) is 0 Å². The molecule has 1 unspecified atom stereocenters. The molecule has 0 saturated carbocycles. The Balaban J connectivity index is 1.34. The second kappa shape index (κ2) is 9.73. The van der Waals surface area contributed by atoms with Crippen LogP contribution in [0.4, 0.5) is 4.79 Å². The fourth-order valence-electron chi connectivity index (χ4n) is 4.51. The molecular weight excluding hydrogens is 458 g/mol. The molecule has 1 fully saturated rings. The van der Waals surface area contributed by atoms with E-state index in [9.17, 15) is 14.4 Å². The van der Waals surface area contributed by atoms with Gasteiger partial charge < -0.3 is 20.1 Å². The molecule has 8 nitrogen and oxygen atoms in total. The molecule has 1 saturated heterocycles. The smallest absolute Gasteiger partial charge is 0.325 e. The van der Waals surface area contributed by atoms with Crippen molar-refractivity contribution in [3.63, 3.8) is 0 Å². The molecule has 0 bridgehead atoms. The first-order chi connectivity index (χ1) is 17.5. The SMILES string of the molecule is CC1(c2ccc3c(c2)OCCCO3)NC(=O)N(CC(=O)NC(c2ccccc2)c2ccccc2)C1=O. The Bertz CT molecular complexity index is 1240. The molecule has 5 rings (SSSR count). The summed E-state index contributed by atoms with van der Waals surface area (Å²) >= 11 is 0. The summed E-state index contributed by atoms with van der Waals surface area (Å²) in [6, 6.07) is 23.2. The highest BCUT2D eigenvalue weighted by molar-refractivity contribution is 6.09. The zero-order valence-corrected chi connectivity index (χ0v) is 19.9. The second-order valence-electron chi connectivity index (χ2n) is 8.98. The summed E-state index contributed by atoms with van der Waals surface area (Å²) < 4.78 is 11.4. The van der Waals surface area contributed by atoms with Gasteiger partial charge in [0, 0.05) is 6.42 Å². The van der Waals surface area contributed by atoms with Gasteiger partial charge >= 0.3 is 6.03 Å². The number of hydrogen-bond acceptors (Lipinski definition) is 5. The number of urea groups is 1. The van der Waals surface area contributed by atoms with E-state index >= 15 is 0 Å². The minimum Gasteiger partial charge on any atom is -0.490 e. The summed E-state index contributed by atoms with van der Waals surface area (Å²) in [7, 11) is 0. The van der Waals surface area contributed by atoms with E-state index in [4.69, 9.17) is 9.47 Å². The number of imide groups is 1. The maximum atomic E-state index is 13.4. The maximum Gasteiger partial charge on any atom is 0.325 e. The normalized spacial score (nSPS) is 19.1. The lowest BCUT2D eigenvalue weighted by Gasteiger charge is -2.24. The predicted octanol–water partition coefficient (Wildman–Crippen LogP) is 3.52. The van der Waals surface area contributed by atoms with Crippen LogP contribution < -0.4 is 20.1 Å². The minimum atomic E-state index is -1.33. The van der Waals surface area contributed by atoms with E-state index in [0.29, 0.717) is 30.3 Å². The first kappa shape index (κ1) is 23.4. The molecule has 0 aromatic heterocycles. The van der Waals surface area contributed by atoms with Gasteiger partial charge in [-0.05, 0) is 35.7 Å². The average molecular weight is 486 g/mol. The number of ether oxygens (including phenoxy) is 2. The molecule has 184 valence electrons. The standard InChI is InChI=1S/C28H27N3O5/c1-28(21-13-14-22-23(17-21)36-16-8-15-35-22)26(33)31(27(34)30-28)18-24(32)29-25(19-9-4-2-5-10-19)20-11-6-3-7-12-20/h2-7,9-14,17,25H,8,15-16,18H2,1H3,(H,29,32)(H,30,34). The number of carbonyl (C=O) groups is 3. The third-order valence-corrected chi connectivity index (χ3v) is 6.47. The van der Waals surface area contributed by atoms with Crippen LogP contribution in [0.25, 0.3) is 0 Å².